The molecule has 1 heterocycles. The summed E-state index contributed by atoms with van der Waals surface area (Å²) in [4.78, 5) is 25.7. The lowest BCUT2D eigenvalue weighted by atomic mass is 10.2. The van der Waals surface area contributed by atoms with E-state index in [4.69, 9.17) is 11.6 Å². The van der Waals surface area contributed by atoms with Crippen molar-refractivity contribution in [2.45, 2.75) is 6.92 Å². The molecule has 0 bridgehead atoms. The minimum absolute atomic E-state index is 0.0671. The fourth-order valence-electron chi connectivity index (χ4n) is 2.97. The van der Waals surface area contributed by atoms with E-state index in [1.54, 1.807) is 30.8 Å². The van der Waals surface area contributed by atoms with Gasteiger partial charge in [0.05, 0.1) is 33.9 Å². The summed E-state index contributed by atoms with van der Waals surface area (Å²) in [6.45, 7) is 1.72. The molecule has 0 atom stereocenters. The molecular weight excluding hydrogens is 428 g/mol. The van der Waals surface area contributed by atoms with Gasteiger partial charge in [0.1, 0.15) is 5.69 Å². The van der Waals surface area contributed by atoms with Gasteiger partial charge in [-0.1, -0.05) is 29.8 Å². The SMILES string of the molecule is Cc1c(NC(=O)c2ccc(N(C)S(C)(=O)=O)cc2Cl)c(=O)n(-c2ccccc2)n1C. The summed E-state index contributed by atoms with van der Waals surface area (Å²) in [7, 11) is -0.353. The number of anilines is 2. The van der Waals surface area contributed by atoms with E-state index in [0.717, 1.165) is 10.6 Å². The number of nitrogens with zero attached hydrogens (tertiary/aromatic N) is 3. The number of nitrogens with one attached hydrogen (secondary N) is 1. The quantitative estimate of drug-likeness (QED) is 0.649. The largest absolute Gasteiger partial charge is 0.316 e. The van der Waals surface area contributed by atoms with Crippen molar-refractivity contribution in [1.82, 2.24) is 9.36 Å². The van der Waals surface area contributed by atoms with Gasteiger partial charge in [-0.05, 0) is 37.3 Å². The second-order valence-corrected chi connectivity index (χ2v) is 9.21. The van der Waals surface area contributed by atoms with Crippen molar-refractivity contribution >= 4 is 38.9 Å². The van der Waals surface area contributed by atoms with E-state index in [-0.39, 0.29) is 21.8 Å². The number of sulfonamides is 1. The molecule has 0 aliphatic carbocycles. The van der Waals surface area contributed by atoms with Crippen LogP contribution in [0.15, 0.2) is 53.3 Å². The Kier molecular flexibility index (Phi) is 5.78. The first-order chi connectivity index (χ1) is 14.0. The number of carbonyl (C=O) groups is 1. The predicted molar refractivity (Wildman–Crippen MR) is 118 cm³/mol. The van der Waals surface area contributed by atoms with Gasteiger partial charge in [0, 0.05) is 14.1 Å². The van der Waals surface area contributed by atoms with Crippen molar-refractivity contribution < 1.29 is 13.2 Å². The minimum atomic E-state index is -3.47. The van der Waals surface area contributed by atoms with Crippen LogP contribution in [0.4, 0.5) is 11.4 Å². The summed E-state index contributed by atoms with van der Waals surface area (Å²) >= 11 is 6.23. The maximum absolute atomic E-state index is 12.9. The van der Waals surface area contributed by atoms with Crippen molar-refractivity contribution in [2.75, 3.05) is 22.9 Å². The maximum atomic E-state index is 12.9. The molecule has 0 saturated heterocycles. The molecule has 30 heavy (non-hydrogen) atoms. The summed E-state index contributed by atoms with van der Waals surface area (Å²) in [5.41, 5.74) is 1.44. The van der Waals surface area contributed by atoms with Crippen LogP contribution in [-0.2, 0) is 17.1 Å². The van der Waals surface area contributed by atoms with Crippen LogP contribution in [0.5, 0.6) is 0 Å². The number of carbonyl (C=O) groups excluding carboxylic acids is 1. The number of benzene rings is 2. The van der Waals surface area contributed by atoms with Gasteiger partial charge in [0.2, 0.25) is 10.0 Å². The van der Waals surface area contributed by atoms with Crippen molar-refractivity contribution in [3.05, 3.63) is 75.2 Å². The van der Waals surface area contributed by atoms with Crippen LogP contribution in [0.1, 0.15) is 16.1 Å². The molecule has 8 nitrogen and oxygen atoms in total. The van der Waals surface area contributed by atoms with Crippen LogP contribution in [0.3, 0.4) is 0 Å². The van der Waals surface area contributed by atoms with Gasteiger partial charge in [-0.3, -0.25) is 18.6 Å². The number of hydrogen-bond donors (Lipinski definition) is 1. The summed E-state index contributed by atoms with van der Waals surface area (Å²) in [6, 6.07) is 13.3. The first-order valence-electron chi connectivity index (χ1n) is 8.91. The fourth-order valence-corrected chi connectivity index (χ4v) is 3.73. The molecule has 0 fully saturated rings. The molecule has 3 rings (SSSR count). The van der Waals surface area contributed by atoms with Gasteiger partial charge >= 0.3 is 0 Å². The lowest BCUT2D eigenvalue weighted by Crippen LogP contribution is -2.25. The third-order valence-electron chi connectivity index (χ3n) is 4.85. The summed E-state index contributed by atoms with van der Waals surface area (Å²) < 4.78 is 27.5. The van der Waals surface area contributed by atoms with Crippen LogP contribution in [0.25, 0.3) is 5.69 Å². The Morgan fingerprint density at radius 2 is 1.77 bits per heavy atom. The molecule has 0 radical (unpaired) electrons. The lowest BCUT2D eigenvalue weighted by molar-refractivity contribution is 0.102. The second kappa shape index (κ2) is 8.00. The topological polar surface area (TPSA) is 93.4 Å². The molecule has 0 spiro atoms. The van der Waals surface area contributed by atoms with Gasteiger partial charge in [0.15, 0.2) is 0 Å². The van der Waals surface area contributed by atoms with Gasteiger partial charge < -0.3 is 5.32 Å². The molecular formula is C20H21ClN4O4S. The average molecular weight is 449 g/mol. The highest BCUT2D eigenvalue weighted by Crippen LogP contribution is 2.25. The summed E-state index contributed by atoms with van der Waals surface area (Å²) in [6.07, 6.45) is 1.07. The molecule has 2 aromatic carbocycles. The van der Waals surface area contributed by atoms with Crippen molar-refractivity contribution in [3.63, 3.8) is 0 Å². The Morgan fingerprint density at radius 1 is 1.13 bits per heavy atom. The molecule has 1 aromatic heterocycles. The molecule has 10 heteroatoms. The van der Waals surface area contributed by atoms with Crippen molar-refractivity contribution in [3.8, 4) is 5.69 Å². The van der Waals surface area contributed by atoms with E-state index in [1.807, 2.05) is 18.2 Å². The van der Waals surface area contributed by atoms with E-state index in [9.17, 15) is 18.0 Å². The van der Waals surface area contributed by atoms with E-state index in [2.05, 4.69) is 5.32 Å². The first-order valence-corrected chi connectivity index (χ1v) is 11.1. The normalized spacial score (nSPS) is 11.4. The molecule has 0 aliphatic rings. The average Bonchev–Trinajstić information content (AvgIpc) is 2.90. The van der Waals surface area contributed by atoms with Crippen molar-refractivity contribution in [2.24, 2.45) is 7.05 Å². The van der Waals surface area contributed by atoms with E-state index in [0.29, 0.717) is 17.1 Å². The van der Waals surface area contributed by atoms with E-state index in [1.165, 1.54) is 29.9 Å². The zero-order valence-corrected chi connectivity index (χ0v) is 18.5. The standard InChI is InChI=1S/C20H21ClN4O4S/c1-13-18(20(27)25(23(13)2)14-8-6-5-7-9-14)22-19(26)16-11-10-15(12-17(16)21)24(3)30(4,28)29/h5-12H,1-4H3,(H,22,26). The second-order valence-electron chi connectivity index (χ2n) is 6.79. The minimum Gasteiger partial charge on any atom is -0.316 e. The van der Waals surface area contributed by atoms with Gasteiger partial charge in [-0.2, -0.15) is 0 Å². The van der Waals surface area contributed by atoms with E-state index < -0.39 is 15.9 Å². The van der Waals surface area contributed by atoms with Crippen LogP contribution in [-0.4, -0.2) is 37.0 Å². The molecule has 0 aliphatic heterocycles. The highest BCUT2D eigenvalue weighted by atomic mass is 35.5. The fraction of sp³-hybridized carbons (Fsp3) is 0.200. The van der Waals surface area contributed by atoms with Crippen molar-refractivity contribution in [1.29, 1.82) is 0 Å². The summed E-state index contributed by atoms with van der Waals surface area (Å²) in [5, 5.41) is 2.70. The Balaban J connectivity index is 1.95. The highest BCUT2D eigenvalue weighted by molar-refractivity contribution is 7.92. The molecule has 1 amide bonds. The molecule has 3 aromatic rings. The number of amides is 1. The monoisotopic (exact) mass is 448 g/mol. The Labute approximate surface area is 179 Å². The predicted octanol–water partition coefficient (Wildman–Crippen LogP) is 2.79. The zero-order chi connectivity index (χ0) is 22.2. The van der Waals surface area contributed by atoms with Crippen LogP contribution in [0.2, 0.25) is 5.02 Å². The smallest absolute Gasteiger partial charge is 0.295 e. The zero-order valence-electron chi connectivity index (χ0n) is 16.9. The van der Waals surface area contributed by atoms with Crippen LogP contribution < -0.4 is 15.2 Å². The van der Waals surface area contributed by atoms with E-state index >= 15 is 0 Å². The van der Waals surface area contributed by atoms with Gasteiger partial charge in [0.25, 0.3) is 11.5 Å². The third-order valence-corrected chi connectivity index (χ3v) is 6.37. The molecule has 0 unspecified atom stereocenters. The first kappa shape index (κ1) is 21.7. The van der Waals surface area contributed by atoms with Gasteiger partial charge in [-0.15, -0.1) is 0 Å². The Bertz CT molecular complexity index is 1280. The molecule has 158 valence electrons. The molecule has 0 saturated carbocycles. The highest BCUT2D eigenvalue weighted by Gasteiger charge is 2.21. The maximum Gasteiger partial charge on any atom is 0.295 e. The number of halogens is 1. The Hall–Kier alpha value is -3.04. The number of rotatable bonds is 5. The Morgan fingerprint density at radius 3 is 2.33 bits per heavy atom. The number of aromatic nitrogens is 2. The molecule has 1 N–H and O–H groups in total. The third kappa shape index (κ3) is 3.99. The van der Waals surface area contributed by atoms with Crippen LogP contribution >= 0.6 is 11.6 Å². The summed E-state index contributed by atoms with van der Waals surface area (Å²) in [5.74, 6) is -0.570. The number of para-hydroxylation sites is 1. The van der Waals surface area contributed by atoms with Gasteiger partial charge in [-0.25, -0.2) is 13.1 Å². The number of hydrogen-bond acceptors (Lipinski definition) is 4. The van der Waals surface area contributed by atoms with Crippen LogP contribution in [0, 0.1) is 6.92 Å². The lowest BCUT2D eigenvalue weighted by Gasteiger charge is -2.17.